The van der Waals surface area contributed by atoms with Gasteiger partial charge >= 0.3 is 0 Å². The molecule has 0 spiro atoms. The molecule has 2 aromatic rings. The number of rotatable bonds is 8. The quantitative estimate of drug-likeness (QED) is 0.494. The summed E-state index contributed by atoms with van der Waals surface area (Å²) in [6, 6.07) is 15.8. The highest BCUT2D eigenvalue weighted by Gasteiger charge is 2.22. The van der Waals surface area contributed by atoms with Gasteiger partial charge in [-0.2, -0.15) is 0 Å². The van der Waals surface area contributed by atoms with Crippen LogP contribution in [-0.2, 0) is 12.0 Å². The molecule has 5 nitrogen and oxygen atoms in total. The van der Waals surface area contributed by atoms with Crippen LogP contribution in [0.5, 0.6) is 5.75 Å². The van der Waals surface area contributed by atoms with Crippen molar-refractivity contribution in [2.45, 2.75) is 32.8 Å². The first kappa shape index (κ1) is 20.8. The van der Waals surface area contributed by atoms with Crippen molar-refractivity contribution in [1.29, 1.82) is 0 Å². The van der Waals surface area contributed by atoms with Gasteiger partial charge in [-0.15, -0.1) is 0 Å². The fourth-order valence-electron chi connectivity index (χ4n) is 2.88. The Labute approximate surface area is 162 Å². The van der Waals surface area contributed by atoms with E-state index in [4.69, 9.17) is 4.74 Å². The number of aliphatic imine (C=N–C) groups is 1. The van der Waals surface area contributed by atoms with Crippen molar-refractivity contribution in [2.75, 3.05) is 26.7 Å². The largest absolute Gasteiger partial charge is 0.496 e. The van der Waals surface area contributed by atoms with Crippen LogP contribution in [0.1, 0.15) is 30.5 Å². The fourth-order valence-corrected chi connectivity index (χ4v) is 2.88. The zero-order chi connectivity index (χ0) is 19.7. The van der Waals surface area contributed by atoms with E-state index in [9.17, 15) is 5.11 Å². The molecule has 0 saturated carbocycles. The Bertz CT molecular complexity index is 742. The van der Waals surface area contributed by atoms with E-state index in [2.05, 4.69) is 28.6 Å². The smallest absolute Gasteiger partial charge is 0.191 e. The van der Waals surface area contributed by atoms with E-state index in [1.54, 1.807) is 14.0 Å². The third-order valence-electron chi connectivity index (χ3n) is 4.41. The van der Waals surface area contributed by atoms with E-state index in [1.807, 2.05) is 49.4 Å². The number of hydrogen-bond donors (Lipinski definition) is 3. The number of aliphatic hydroxyl groups is 1. The topological polar surface area (TPSA) is 65.9 Å². The molecule has 0 saturated heterocycles. The van der Waals surface area contributed by atoms with Crippen molar-refractivity contribution in [3.63, 3.8) is 0 Å². The maximum atomic E-state index is 10.7. The summed E-state index contributed by atoms with van der Waals surface area (Å²) in [5, 5.41) is 17.3. The number of nitrogens with zero attached hydrogens (tertiary/aromatic N) is 1. The monoisotopic (exact) mass is 369 g/mol. The van der Waals surface area contributed by atoms with Crippen LogP contribution >= 0.6 is 0 Å². The lowest BCUT2D eigenvalue weighted by Crippen LogP contribution is -2.39. The maximum Gasteiger partial charge on any atom is 0.191 e. The molecule has 1 atom stereocenters. The number of nitrogens with one attached hydrogen (secondary N) is 2. The van der Waals surface area contributed by atoms with Gasteiger partial charge in [-0.3, -0.25) is 0 Å². The average Bonchev–Trinajstić information content (AvgIpc) is 2.67. The van der Waals surface area contributed by atoms with Gasteiger partial charge in [-0.1, -0.05) is 48.0 Å². The molecule has 0 radical (unpaired) electrons. The van der Waals surface area contributed by atoms with Crippen LogP contribution in [0.2, 0.25) is 0 Å². The Balaban J connectivity index is 1.99. The zero-order valence-corrected chi connectivity index (χ0v) is 16.7. The molecule has 2 rings (SSSR count). The molecule has 0 heterocycles. The molecule has 0 bridgehead atoms. The van der Waals surface area contributed by atoms with Gasteiger partial charge in [0.15, 0.2) is 5.96 Å². The molecule has 146 valence electrons. The molecule has 5 heteroatoms. The molecular weight excluding hydrogens is 338 g/mol. The van der Waals surface area contributed by atoms with E-state index in [0.717, 1.165) is 36.4 Å². The number of aryl methyl sites for hydroxylation is 1. The van der Waals surface area contributed by atoms with Gasteiger partial charge in [0.05, 0.1) is 13.7 Å². The van der Waals surface area contributed by atoms with Crippen LogP contribution < -0.4 is 15.4 Å². The van der Waals surface area contributed by atoms with Gasteiger partial charge in [-0.05, 0) is 44.4 Å². The van der Waals surface area contributed by atoms with Gasteiger partial charge in [0.1, 0.15) is 11.4 Å². The number of methoxy groups -OCH3 is 1. The third-order valence-corrected chi connectivity index (χ3v) is 4.41. The molecular formula is C22H31N3O2. The van der Waals surface area contributed by atoms with Gasteiger partial charge in [-0.25, -0.2) is 4.99 Å². The predicted molar refractivity (Wildman–Crippen MR) is 111 cm³/mol. The molecule has 0 aromatic heterocycles. The lowest BCUT2D eigenvalue weighted by Gasteiger charge is -2.22. The average molecular weight is 370 g/mol. The van der Waals surface area contributed by atoms with Crippen LogP contribution in [0, 0.1) is 6.92 Å². The minimum atomic E-state index is -1.01. The summed E-state index contributed by atoms with van der Waals surface area (Å²) < 4.78 is 5.44. The highest BCUT2D eigenvalue weighted by Crippen LogP contribution is 2.21. The minimum absolute atomic E-state index is 0.278. The van der Waals surface area contributed by atoms with Gasteiger partial charge in [0, 0.05) is 13.1 Å². The first-order chi connectivity index (χ1) is 13.0. The molecule has 3 N–H and O–H groups in total. The van der Waals surface area contributed by atoms with Crippen molar-refractivity contribution in [3.8, 4) is 5.75 Å². The molecule has 1 unspecified atom stereocenters. The van der Waals surface area contributed by atoms with Gasteiger partial charge in [0.25, 0.3) is 0 Å². The predicted octanol–water partition coefficient (Wildman–Crippen LogP) is 3.01. The van der Waals surface area contributed by atoms with Crippen molar-refractivity contribution in [2.24, 2.45) is 4.99 Å². The Morgan fingerprint density at radius 1 is 1.15 bits per heavy atom. The zero-order valence-electron chi connectivity index (χ0n) is 16.7. The number of hydrogen-bond acceptors (Lipinski definition) is 3. The van der Waals surface area contributed by atoms with E-state index >= 15 is 0 Å². The van der Waals surface area contributed by atoms with Crippen LogP contribution in [0.3, 0.4) is 0 Å². The van der Waals surface area contributed by atoms with Crippen LogP contribution in [0.4, 0.5) is 0 Å². The number of ether oxygens (including phenoxy) is 1. The van der Waals surface area contributed by atoms with E-state index in [1.165, 1.54) is 5.56 Å². The summed E-state index contributed by atoms with van der Waals surface area (Å²) in [7, 11) is 1.69. The maximum absolute atomic E-state index is 10.7. The number of benzene rings is 2. The summed E-state index contributed by atoms with van der Waals surface area (Å²) >= 11 is 0. The molecule has 2 aromatic carbocycles. The van der Waals surface area contributed by atoms with Crippen molar-refractivity contribution in [3.05, 3.63) is 65.2 Å². The lowest BCUT2D eigenvalue weighted by atomic mass is 9.96. The molecule has 0 amide bonds. The Morgan fingerprint density at radius 2 is 1.89 bits per heavy atom. The molecule has 0 aliphatic carbocycles. The Morgan fingerprint density at radius 3 is 2.56 bits per heavy atom. The SMILES string of the molecule is CCNC(=NCC(C)(O)c1ccccc1)NCCc1cc(C)ccc1OC. The van der Waals surface area contributed by atoms with Crippen molar-refractivity contribution in [1.82, 2.24) is 10.6 Å². The van der Waals surface area contributed by atoms with E-state index in [0.29, 0.717) is 5.96 Å². The first-order valence-electron chi connectivity index (χ1n) is 9.40. The fraction of sp³-hybridized carbons (Fsp3) is 0.409. The summed E-state index contributed by atoms with van der Waals surface area (Å²) in [4.78, 5) is 4.57. The highest BCUT2D eigenvalue weighted by atomic mass is 16.5. The first-order valence-corrected chi connectivity index (χ1v) is 9.40. The Hall–Kier alpha value is -2.53. The molecule has 0 fully saturated rings. The molecule has 0 aliphatic heterocycles. The van der Waals surface area contributed by atoms with Gasteiger partial charge < -0.3 is 20.5 Å². The van der Waals surface area contributed by atoms with Crippen LogP contribution in [0.15, 0.2) is 53.5 Å². The number of guanidine groups is 1. The van der Waals surface area contributed by atoms with E-state index in [-0.39, 0.29) is 6.54 Å². The Kier molecular flexibility index (Phi) is 7.67. The van der Waals surface area contributed by atoms with Crippen LogP contribution in [-0.4, -0.2) is 37.8 Å². The van der Waals surface area contributed by atoms with Crippen molar-refractivity contribution < 1.29 is 9.84 Å². The van der Waals surface area contributed by atoms with Crippen molar-refractivity contribution >= 4 is 5.96 Å². The second-order valence-corrected chi connectivity index (χ2v) is 6.83. The summed E-state index contributed by atoms with van der Waals surface area (Å²) in [5.74, 6) is 1.59. The summed E-state index contributed by atoms with van der Waals surface area (Å²) in [5.41, 5.74) is 2.22. The standard InChI is InChI=1S/C22H31N3O2/c1-5-23-21(25-16-22(3,26)19-9-7-6-8-10-19)24-14-13-18-15-17(2)11-12-20(18)27-4/h6-12,15,26H,5,13-14,16H2,1-4H3,(H2,23,24,25). The second-order valence-electron chi connectivity index (χ2n) is 6.83. The summed E-state index contributed by atoms with van der Waals surface area (Å²) in [6.07, 6.45) is 0.824. The minimum Gasteiger partial charge on any atom is -0.496 e. The highest BCUT2D eigenvalue weighted by molar-refractivity contribution is 5.79. The molecule has 27 heavy (non-hydrogen) atoms. The molecule has 0 aliphatic rings. The van der Waals surface area contributed by atoms with Gasteiger partial charge in [0.2, 0.25) is 0 Å². The van der Waals surface area contributed by atoms with E-state index < -0.39 is 5.60 Å². The second kappa shape index (κ2) is 9.97. The summed E-state index contributed by atoms with van der Waals surface area (Å²) in [6.45, 7) is 7.64. The van der Waals surface area contributed by atoms with Crippen LogP contribution in [0.25, 0.3) is 0 Å². The normalized spacial score (nSPS) is 13.7. The lowest BCUT2D eigenvalue weighted by molar-refractivity contribution is 0.0672. The third kappa shape index (κ3) is 6.29.